The highest BCUT2D eigenvalue weighted by Gasteiger charge is 2.27. The Morgan fingerprint density at radius 1 is 1.04 bits per heavy atom. The molecule has 0 fully saturated rings. The summed E-state index contributed by atoms with van der Waals surface area (Å²) in [5.41, 5.74) is 5.72. The molecule has 3 atom stereocenters. The van der Waals surface area contributed by atoms with Crippen LogP contribution in [0.1, 0.15) is 33.1 Å². The minimum absolute atomic E-state index is 0.0583. The van der Waals surface area contributed by atoms with Crippen molar-refractivity contribution in [1.82, 2.24) is 10.6 Å². The topological polar surface area (TPSA) is 159 Å². The summed E-state index contributed by atoms with van der Waals surface area (Å²) >= 11 is 3.97. The summed E-state index contributed by atoms with van der Waals surface area (Å²) in [6, 6.07) is -3.22. The molecule has 0 radical (unpaired) electrons. The lowest BCUT2D eigenvalue weighted by Crippen LogP contribution is -2.55. The van der Waals surface area contributed by atoms with Crippen molar-refractivity contribution >= 4 is 36.4 Å². The maximum atomic E-state index is 12.1. The molecule has 0 heterocycles. The van der Waals surface area contributed by atoms with Crippen LogP contribution in [0, 0.1) is 5.92 Å². The van der Waals surface area contributed by atoms with Gasteiger partial charge in [-0.05, 0) is 18.8 Å². The van der Waals surface area contributed by atoms with Gasteiger partial charge in [-0.2, -0.15) is 12.6 Å². The van der Waals surface area contributed by atoms with Crippen LogP contribution in [-0.2, 0) is 19.2 Å². The van der Waals surface area contributed by atoms with E-state index in [0.29, 0.717) is 6.42 Å². The summed E-state index contributed by atoms with van der Waals surface area (Å²) in [5, 5.41) is 22.2. The first-order chi connectivity index (χ1) is 11.1. The molecule has 138 valence electrons. The summed E-state index contributed by atoms with van der Waals surface area (Å²) in [4.78, 5) is 45.6. The molecule has 10 heteroatoms. The van der Waals surface area contributed by atoms with Crippen LogP contribution in [0.4, 0.5) is 0 Å². The highest BCUT2D eigenvalue weighted by Crippen LogP contribution is 2.04. The molecule has 6 N–H and O–H groups in total. The van der Waals surface area contributed by atoms with E-state index in [1.807, 2.05) is 13.8 Å². The van der Waals surface area contributed by atoms with Gasteiger partial charge >= 0.3 is 11.9 Å². The predicted molar refractivity (Wildman–Crippen MR) is 89.7 cm³/mol. The monoisotopic (exact) mass is 363 g/mol. The standard InChI is InChI=1S/C14H25N3O6S/c1-7(2)5-8(15)12(20)17-10(6-24)13(21)16-9(14(22)23)3-4-11(18)19/h7-10,24H,3-6,15H2,1-2H3,(H,16,21)(H,17,20)(H,18,19)(H,22,23)/t8-,9-,10-/m0/s1. The van der Waals surface area contributed by atoms with E-state index < -0.39 is 48.3 Å². The summed E-state index contributed by atoms with van der Waals surface area (Å²) in [5.74, 6) is -3.68. The third kappa shape index (κ3) is 8.73. The average molecular weight is 363 g/mol. The first kappa shape index (κ1) is 22.2. The molecular weight excluding hydrogens is 338 g/mol. The van der Waals surface area contributed by atoms with Crippen molar-refractivity contribution in [2.24, 2.45) is 11.7 Å². The SMILES string of the molecule is CC(C)C[C@H](N)C(=O)N[C@@H](CS)C(=O)N[C@@H](CCC(=O)O)C(=O)O. The van der Waals surface area contributed by atoms with Gasteiger partial charge in [-0.15, -0.1) is 0 Å². The summed E-state index contributed by atoms with van der Waals surface area (Å²) in [6.45, 7) is 3.80. The number of carboxylic acids is 2. The molecule has 0 aliphatic heterocycles. The quantitative estimate of drug-likeness (QED) is 0.262. The Labute approximate surface area is 145 Å². The Balaban J connectivity index is 4.73. The van der Waals surface area contributed by atoms with Crippen molar-refractivity contribution in [3.63, 3.8) is 0 Å². The van der Waals surface area contributed by atoms with Crippen LogP contribution in [0.2, 0.25) is 0 Å². The second-order valence-corrected chi connectivity index (χ2v) is 6.18. The number of nitrogens with one attached hydrogen (secondary N) is 2. The van der Waals surface area contributed by atoms with E-state index in [4.69, 9.17) is 15.9 Å². The van der Waals surface area contributed by atoms with E-state index >= 15 is 0 Å². The Morgan fingerprint density at radius 2 is 1.58 bits per heavy atom. The Hall–Kier alpha value is -1.81. The predicted octanol–water partition coefficient (Wildman–Crippen LogP) is -0.791. The van der Waals surface area contributed by atoms with Crippen molar-refractivity contribution in [2.45, 2.75) is 51.2 Å². The van der Waals surface area contributed by atoms with Crippen molar-refractivity contribution in [1.29, 1.82) is 0 Å². The fourth-order valence-electron chi connectivity index (χ4n) is 1.89. The first-order valence-electron chi connectivity index (χ1n) is 7.50. The summed E-state index contributed by atoms with van der Waals surface area (Å²) < 4.78 is 0. The van der Waals surface area contributed by atoms with Gasteiger partial charge in [-0.25, -0.2) is 4.79 Å². The third-order valence-corrected chi connectivity index (χ3v) is 3.50. The Morgan fingerprint density at radius 3 is 2.00 bits per heavy atom. The summed E-state index contributed by atoms with van der Waals surface area (Å²) in [6.07, 6.45) is -0.242. The molecule has 0 unspecified atom stereocenters. The number of nitrogens with two attached hydrogens (primary N) is 1. The second-order valence-electron chi connectivity index (χ2n) is 5.81. The molecule has 2 amide bonds. The second kappa shape index (κ2) is 10.9. The van der Waals surface area contributed by atoms with E-state index in [0.717, 1.165) is 0 Å². The number of carboxylic acid groups (broad SMARTS) is 2. The third-order valence-electron chi connectivity index (χ3n) is 3.14. The number of carbonyl (C=O) groups excluding carboxylic acids is 2. The zero-order valence-corrected chi connectivity index (χ0v) is 14.6. The molecule has 0 aliphatic rings. The maximum absolute atomic E-state index is 12.1. The van der Waals surface area contributed by atoms with E-state index in [2.05, 4.69) is 23.3 Å². The lowest BCUT2D eigenvalue weighted by atomic mass is 10.0. The highest BCUT2D eigenvalue weighted by atomic mass is 32.1. The number of carbonyl (C=O) groups is 4. The van der Waals surface area contributed by atoms with Crippen LogP contribution >= 0.6 is 12.6 Å². The lowest BCUT2D eigenvalue weighted by Gasteiger charge is -2.22. The molecule has 24 heavy (non-hydrogen) atoms. The van der Waals surface area contributed by atoms with Crippen LogP contribution in [0.15, 0.2) is 0 Å². The smallest absolute Gasteiger partial charge is 0.326 e. The first-order valence-corrected chi connectivity index (χ1v) is 8.13. The van der Waals surface area contributed by atoms with Crippen molar-refractivity contribution < 1.29 is 29.4 Å². The Kier molecular flexibility index (Phi) is 10.0. The Bertz CT molecular complexity index is 471. The minimum atomic E-state index is -1.36. The van der Waals surface area contributed by atoms with Gasteiger partial charge in [0.1, 0.15) is 12.1 Å². The summed E-state index contributed by atoms with van der Waals surface area (Å²) in [7, 11) is 0. The van der Waals surface area contributed by atoms with Crippen LogP contribution in [0.5, 0.6) is 0 Å². The molecule has 0 aromatic heterocycles. The van der Waals surface area contributed by atoms with Gasteiger partial charge in [0.05, 0.1) is 6.04 Å². The van der Waals surface area contributed by atoms with E-state index in [-0.39, 0.29) is 18.1 Å². The van der Waals surface area contributed by atoms with Crippen molar-refractivity contribution in [3.05, 3.63) is 0 Å². The minimum Gasteiger partial charge on any atom is -0.481 e. The van der Waals surface area contributed by atoms with Crippen LogP contribution in [0.25, 0.3) is 0 Å². The molecule has 0 saturated heterocycles. The van der Waals surface area contributed by atoms with E-state index in [1.54, 1.807) is 0 Å². The van der Waals surface area contributed by atoms with E-state index in [9.17, 15) is 19.2 Å². The fraction of sp³-hybridized carbons (Fsp3) is 0.714. The number of hydrogen-bond acceptors (Lipinski definition) is 6. The molecule has 0 rings (SSSR count). The van der Waals surface area contributed by atoms with Gasteiger partial charge in [0.25, 0.3) is 0 Å². The molecule has 0 saturated carbocycles. The zero-order valence-electron chi connectivity index (χ0n) is 13.7. The van der Waals surface area contributed by atoms with Crippen LogP contribution in [0.3, 0.4) is 0 Å². The molecule has 0 bridgehead atoms. The number of rotatable bonds is 11. The van der Waals surface area contributed by atoms with Gasteiger partial charge in [-0.1, -0.05) is 13.8 Å². The fourth-order valence-corrected chi connectivity index (χ4v) is 2.14. The number of aliphatic carboxylic acids is 2. The zero-order chi connectivity index (χ0) is 18.9. The molecule has 9 nitrogen and oxygen atoms in total. The van der Waals surface area contributed by atoms with Gasteiger partial charge in [0.2, 0.25) is 11.8 Å². The average Bonchev–Trinajstić information content (AvgIpc) is 2.47. The number of thiol groups is 1. The molecule has 0 aromatic rings. The highest BCUT2D eigenvalue weighted by molar-refractivity contribution is 7.80. The largest absolute Gasteiger partial charge is 0.481 e. The molecule has 0 aromatic carbocycles. The van der Waals surface area contributed by atoms with Crippen LogP contribution < -0.4 is 16.4 Å². The maximum Gasteiger partial charge on any atom is 0.326 e. The van der Waals surface area contributed by atoms with Gasteiger partial charge in [-0.3, -0.25) is 14.4 Å². The van der Waals surface area contributed by atoms with E-state index in [1.165, 1.54) is 0 Å². The molecular formula is C14H25N3O6S. The van der Waals surface area contributed by atoms with Gasteiger partial charge < -0.3 is 26.6 Å². The number of amides is 2. The van der Waals surface area contributed by atoms with Gasteiger partial charge in [0.15, 0.2) is 0 Å². The lowest BCUT2D eigenvalue weighted by molar-refractivity contribution is -0.143. The molecule has 0 spiro atoms. The van der Waals surface area contributed by atoms with Gasteiger partial charge in [0, 0.05) is 12.2 Å². The normalized spacial score (nSPS) is 14.5. The molecule has 0 aliphatic carbocycles. The van der Waals surface area contributed by atoms with Crippen molar-refractivity contribution in [3.8, 4) is 0 Å². The van der Waals surface area contributed by atoms with Crippen molar-refractivity contribution in [2.75, 3.05) is 5.75 Å². The number of hydrogen-bond donors (Lipinski definition) is 6. The van der Waals surface area contributed by atoms with Crippen LogP contribution in [-0.4, -0.2) is 57.8 Å².